The summed E-state index contributed by atoms with van der Waals surface area (Å²) in [6.07, 6.45) is 0.147. The fourth-order valence-corrected chi connectivity index (χ4v) is 4.16. The van der Waals surface area contributed by atoms with Crippen molar-refractivity contribution >= 4 is 23.7 Å². The van der Waals surface area contributed by atoms with Crippen molar-refractivity contribution in [3.05, 3.63) is 18.5 Å². The monoisotopic (exact) mass is 365 g/mol. The number of aromatic nitrogens is 2. The Kier molecular flexibility index (Phi) is 5.92. The van der Waals surface area contributed by atoms with Crippen molar-refractivity contribution in [1.29, 1.82) is 0 Å². The normalized spacial score (nSPS) is 21.8. The zero-order valence-electron chi connectivity index (χ0n) is 13.0. The number of ether oxygens (including phenoxy) is 1. The Morgan fingerprint density at radius 3 is 2.54 bits per heavy atom. The number of carboxylic acids is 1. The number of carboxylic acid groups (broad SMARTS) is 1. The summed E-state index contributed by atoms with van der Waals surface area (Å²) in [7, 11) is 0. The lowest BCUT2D eigenvalue weighted by atomic mass is 9.93. The second kappa shape index (κ2) is 7.56. The summed E-state index contributed by atoms with van der Waals surface area (Å²) in [5.74, 6) is -0.761. The molecule has 2 fully saturated rings. The SMILES string of the molecule is CCOC1CSC2(C1)CN(c1ncccn1)C2.O=C(O)C(F)(F)F. The zero-order valence-corrected chi connectivity index (χ0v) is 13.8. The summed E-state index contributed by atoms with van der Waals surface area (Å²) in [5.41, 5.74) is 0. The quantitative estimate of drug-likeness (QED) is 0.880. The molecule has 6 nitrogen and oxygen atoms in total. The van der Waals surface area contributed by atoms with E-state index in [9.17, 15) is 13.2 Å². The molecule has 0 radical (unpaired) electrons. The predicted octanol–water partition coefficient (Wildman–Crippen LogP) is 2.21. The van der Waals surface area contributed by atoms with Crippen LogP contribution in [0.3, 0.4) is 0 Å². The molecule has 1 aromatic rings. The van der Waals surface area contributed by atoms with Crippen molar-refractivity contribution in [3.63, 3.8) is 0 Å². The van der Waals surface area contributed by atoms with Gasteiger partial charge in [-0.15, -0.1) is 11.8 Å². The van der Waals surface area contributed by atoms with Gasteiger partial charge in [0, 0.05) is 37.8 Å². The molecule has 0 aliphatic carbocycles. The van der Waals surface area contributed by atoms with Crippen LogP contribution in [-0.2, 0) is 9.53 Å². The van der Waals surface area contributed by atoms with Crippen molar-refractivity contribution in [1.82, 2.24) is 9.97 Å². The minimum Gasteiger partial charge on any atom is -0.475 e. The third-order valence-corrected chi connectivity index (χ3v) is 5.19. The minimum atomic E-state index is -5.08. The molecule has 0 aromatic carbocycles. The number of rotatable bonds is 3. The largest absolute Gasteiger partial charge is 0.490 e. The van der Waals surface area contributed by atoms with Gasteiger partial charge in [0.25, 0.3) is 0 Å². The van der Waals surface area contributed by atoms with Crippen LogP contribution in [0.15, 0.2) is 18.5 Å². The molecular weight excluding hydrogens is 347 g/mol. The molecule has 2 aliphatic rings. The predicted molar refractivity (Wildman–Crippen MR) is 83.2 cm³/mol. The van der Waals surface area contributed by atoms with E-state index in [4.69, 9.17) is 14.6 Å². The van der Waals surface area contributed by atoms with E-state index in [2.05, 4.69) is 33.6 Å². The van der Waals surface area contributed by atoms with E-state index < -0.39 is 12.1 Å². The van der Waals surface area contributed by atoms with Gasteiger partial charge >= 0.3 is 12.1 Å². The van der Waals surface area contributed by atoms with Crippen LogP contribution in [0.1, 0.15) is 13.3 Å². The molecule has 10 heteroatoms. The number of anilines is 1. The summed E-state index contributed by atoms with van der Waals surface area (Å²) in [6, 6.07) is 1.86. The molecule has 1 spiro atoms. The van der Waals surface area contributed by atoms with Gasteiger partial charge in [-0.2, -0.15) is 13.2 Å². The highest BCUT2D eigenvalue weighted by atomic mass is 32.2. The molecule has 3 heterocycles. The van der Waals surface area contributed by atoms with Crippen LogP contribution in [0.5, 0.6) is 0 Å². The molecule has 1 unspecified atom stereocenters. The summed E-state index contributed by atoms with van der Waals surface area (Å²) >= 11 is 2.06. The van der Waals surface area contributed by atoms with Crippen LogP contribution in [-0.4, -0.2) is 63.5 Å². The summed E-state index contributed by atoms with van der Waals surface area (Å²) in [5, 5.41) is 7.12. The lowest BCUT2D eigenvalue weighted by molar-refractivity contribution is -0.192. The Morgan fingerprint density at radius 2 is 2.04 bits per heavy atom. The van der Waals surface area contributed by atoms with Gasteiger partial charge in [-0.25, -0.2) is 14.8 Å². The molecule has 0 bridgehead atoms. The average molecular weight is 365 g/mol. The summed E-state index contributed by atoms with van der Waals surface area (Å²) in [4.78, 5) is 19.7. The number of carbonyl (C=O) groups is 1. The van der Waals surface area contributed by atoms with Crippen molar-refractivity contribution in [2.75, 3.05) is 30.3 Å². The van der Waals surface area contributed by atoms with Crippen LogP contribution in [0.2, 0.25) is 0 Å². The fourth-order valence-electron chi connectivity index (χ4n) is 2.61. The second-order valence-electron chi connectivity index (χ2n) is 5.48. The van der Waals surface area contributed by atoms with Gasteiger partial charge in [-0.05, 0) is 19.4 Å². The number of thioether (sulfide) groups is 1. The van der Waals surface area contributed by atoms with Gasteiger partial charge in [0.2, 0.25) is 5.95 Å². The summed E-state index contributed by atoms with van der Waals surface area (Å²) < 4.78 is 37.8. The first kappa shape index (κ1) is 18.8. The molecule has 1 aromatic heterocycles. The van der Waals surface area contributed by atoms with Gasteiger partial charge in [0.1, 0.15) is 0 Å². The molecule has 1 N–H and O–H groups in total. The van der Waals surface area contributed by atoms with Crippen molar-refractivity contribution in [3.8, 4) is 0 Å². The van der Waals surface area contributed by atoms with Gasteiger partial charge in [-0.1, -0.05) is 0 Å². The van der Waals surface area contributed by atoms with Gasteiger partial charge < -0.3 is 14.7 Å². The Bertz CT molecular complexity index is 553. The molecular formula is C14H18F3N3O3S. The Balaban J connectivity index is 0.000000256. The number of nitrogens with zero attached hydrogens (tertiary/aromatic N) is 3. The number of alkyl halides is 3. The first-order chi connectivity index (χ1) is 11.3. The van der Waals surface area contributed by atoms with E-state index >= 15 is 0 Å². The zero-order chi connectivity index (χ0) is 17.8. The highest BCUT2D eigenvalue weighted by Crippen LogP contribution is 2.46. The average Bonchev–Trinajstić information content (AvgIpc) is 2.91. The van der Waals surface area contributed by atoms with Crippen LogP contribution in [0, 0.1) is 0 Å². The van der Waals surface area contributed by atoms with E-state index in [1.807, 2.05) is 6.07 Å². The second-order valence-corrected chi connectivity index (χ2v) is 6.97. The van der Waals surface area contributed by atoms with Crippen molar-refractivity contribution in [2.45, 2.75) is 30.4 Å². The molecule has 2 saturated heterocycles. The minimum absolute atomic E-state index is 0.402. The van der Waals surface area contributed by atoms with E-state index in [0.29, 0.717) is 10.9 Å². The molecule has 0 amide bonds. The van der Waals surface area contributed by atoms with Gasteiger partial charge in [0.15, 0.2) is 0 Å². The van der Waals surface area contributed by atoms with E-state index in [1.165, 1.54) is 6.42 Å². The Hall–Kier alpha value is -1.55. The maximum atomic E-state index is 10.6. The number of halogens is 3. The lowest BCUT2D eigenvalue weighted by Gasteiger charge is -2.47. The van der Waals surface area contributed by atoms with E-state index in [0.717, 1.165) is 31.4 Å². The number of hydrogen-bond acceptors (Lipinski definition) is 6. The molecule has 0 saturated carbocycles. The van der Waals surface area contributed by atoms with Gasteiger partial charge in [-0.3, -0.25) is 0 Å². The van der Waals surface area contributed by atoms with Crippen LogP contribution >= 0.6 is 11.8 Å². The molecule has 24 heavy (non-hydrogen) atoms. The first-order valence-electron chi connectivity index (χ1n) is 7.33. The maximum absolute atomic E-state index is 10.6. The van der Waals surface area contributed by atoms with E-state index in [1.54, 1.807) is 12.4 Å². The molecule has 3 rings (SSSR count). The Morgan fingerprint density at radius 1 is 1.46 bits per heavy atom. The van der Waals surface area contributed by atoms with Gasteiger partial charge in [0.05, 0.1) is 10.9 Å². The smallest absolute Gasteiger partial charge is 0.475 e. The molecule has 134 valence electrons. The van der Waals surface area contributed by atoms with Crippen LogP contribution in [0.25, 0.3) is 0 Å². The third-order valence-electron chi connectivity index (χ3n) is 3.61. The molecule has 2 aliphatic heterocycles. The molecule has 1 atom stereocenters. The topological polar surface area (TPSA) is 75.5 Å². The maximum Gasteiger partial charge on any atom is 0.490 e. The first-order valence-corrected chi connectivity index (χ1v) is 8.32. The highest BCUT2D eigenvalue weighted by Gasteiger charge is 2.50. The van der Waals surface area contributed by atoms with E-state index in [-0.39, 0.29) is 0 Å². The van der Waals surface area contributed by atoms with Crippen molar-refractivity contribution < 1.29 is 27.8 Å². The van der Waals surface area contributed by atoms with Crippen LogP contribution in [0.4, 0.5) is 19.1 Å². The third kappa shape index (κ3) is 4.73. The standard InChI is InChI=1S/C12H17N3OS.C2HF3O2/c1-2-16-10-6-12(17-7-10)8-15(9-12)11-13-4-3-5-14-11;3-2(4,5)1(6)7/h3-5,10H,2,6-9H2,1H3;(H,6,7). The Labute approximate surface area is 141 Å². The number of aliphatic carboxylic acids is 1. The van der Waals surface area contributed by atoms with Crippen molar-refractivity contribution in [2.24, 2.45) is 0 Å². The summed E-state index contributed by atoms with van der Waals surface area (Å²) in [6.45, 7) is 5.02. The number of hydrogen-bond donors (Lipinski definition) is 1. The highest BCUT2D eigenvalue weighted by molar-refractivity contribution is 8.01. The fraction of sp³-hybridized carbons (Fsp3) is 0.643. The lowest BCUT2D eigenvalue weighted by Crippen LogP contribution is -2.59. The van der Waals surface area contributed by atoms with Crippen LogP contribution < -0.4 is 4.90 Å².